The average molecular weight is 253 g/mol. The van der Waals surface area contributed by atoms with Crippen LogP contribution in [0.1, 0.15) is 32.6 Å². The van der Waals surface area contributed by atoms with Crippen LogP contribution >= 0.6 is 0 Å². The van der Waals surface area contributed by atoms with Gasteiger partial charge in [-0.15, -0.1) is 0 Å². The Morgan fingerprint density at radius 3 is 2.83 bits per heavy atom. The summed E-state index contributed by atoms with van der Waals surface area (Å²) in [6.07, 6.45) is 4.85. The number of rotatable bonds is 5. The van der Waals surface area contributed by atoms with Gasteiger partial charge in [-0.25, -0.2) is 0 Å². The van der Waals surface area contributed by atoms with Gasteiger partial charge in [0.05, 0.1) is 5.92 Å². The predicted molar refractivity (Wildman–Crippen MR) is 73.4 cm³/mol. The van der Waals surface area contributed by atoms with Gasteiger partial charge in [0.2, 0.25) is 5.91 Å². The molecule has 2 saturated heterocycles. The molecule has 4 nitrogen and oxygen atoms in total. The van der Waals surface area contributed by atoms with Crippen LogP contribution in [0.5, 0.6) is 0 Å². The summed E-state index contributed by atoms with van der Waals surface area (Å²) in [6, 6.07) is 0. The second-order valence-electron chi connectivity index (χ2n) is 5.90. The van der Waals surface area contributed by atoms with Crippen molar-refractivity contribution in [3.8, 4) is 0 Å². The molecule has 2 aliphatic rings. The van der Waals surface area contributed by atoms with Gasteiger partial charge in [-0.05, 0) is 51.2 Å². The molecule has 2 rings (SSSR count). The van der Waals surface area contributed by atoms with E-state index in [4.69, 9.17) is 0 Å². The van der Waals surface area contributed by atoms with Crippen LogP contribution in [-0.2, 0) is 4.79 Å². The van der Waals surface area contributed by atoms with Crippen molar-refractivity contribution >= 4 is 5.91 Å². The molecule has 0 aromatic rings. The van der Waals surface area contributed by atoms with Gasteiger partial charge in [0, 0.05) is 19.6 Å². The van der Waals surface area contributed by atoms with Crippen LogP contribution in [0.25, 0.3) is 0 Å². The summed E-state index contributed by atoms with van der Waals surface area (Å²) < 4.78 is 0. The molecule has 2 aliphatic heterocycles. The van der Waals surface area contributed by atoms with Gasteiger partial charge in [-0.1, -0.05) is 6.92 Å². The van der Waals surface area contributed by atoms with E-state index in [9.17, 15) is 4.79 Å². The largest absolute Gasteiger partial charge is 0.356 e. The molecule has 0 saturated carbocycles. The summed E-state index contributed by atoms with van der Waals surface area (Å²) >= 11 is 0. The van der Waals surface area contributed by atoms with Gasteiger partial charge >= 0.3 is 0 Å². The highest BCUT2D eigenvalue weighted by Gasteiger charge is 2.21. The molecule has 1 amide bonds. The van der Waals surface area contributed by atoms with Crippen molar-refractivity contribution in [1.82, 2.24) is 15.5 Å². The molecule has 2 heterocycles. The number of hydrogen-bond donors (Lipinski definition) is 2. The first-order valence-electron chi connectivity index (χ1n) is 7.46. The van der Waals surface area contributed by atoms with E-state index in [0.717, 1.165) is 39.0 Å². The summed E-state index contributed by atoms with van der Waals surface area (Å²) in [5, 5.41) is 6.41. The standard InChI is InChI=1S/C14H27N3O/c1-12(11-17-7-2-3-8-17)9-16-14(18)13-5-4-6-15-10-13/h12-13,15H,2-11H2,1H3,(H,16,18). The first kappa shape index (κ1) is 13.8. The lowest BCUT2D eigenvalue weighted by atomic mass is 9.98. The minimum absolute atomic E-state index is 0.192. The molecule has 18 heavy (non-hydrogen) atoms. The number of nitrogens with one attached hydrogen (secondary N) is 2. The summed E-state index contributed by atoms with van der Waals surface area (Å²) in [5.41, 5.74) is 0. The smallest absolute Gasteiger partial charge is 0.224 e. The highest BCUT2D eigenvalue weighted by atomic mass is 16.1. The average Bonchev–Trinajstić information content (AvgIpc) is 2.90. The van der Waals surface area contributed by atoms with Crippen LogP contribution in [0.15, 0.2) is 0 Å². The zero-order chi connectivity index (χ0) is 12.8. The number of carbonyl (C=O) groups excluding carboxylic acids is 1. The molecular weight excluding hydrogens is 226 g/mol. The maximum Gasteiger partial charge on any atom is 0.224 e. The monoisotopic (exact) mass is 253 g/mol. The van der Waals surface area contributed by atoms with E-state index in [1.807, 2.05) is 0 Å². The van der Waals surface area contributed by atoms with E-state index in [1.54, 1.807) is 0 Å². The topological polar surface area (TPSA) is 44.4 Å². The second-order valence-corrected chi connectivity index (χ2v) is 5.90. The Balaban J connectivity index is 1.61. The van der Waals surface area contributed by atoms with E-state index >= 15 is 0 Å². The van der Waals surface area contributed by atoms with Gasteiger partial charge < -0.3 is 15.5 Å². The Hall–Kier alpha value is -0.610. The maximum atomic E-state index is 12.0. The predicted octanol–water partition coefficient (Wildman–Crippen LogP) is 0.834. The van der Waals surface area contributed by atoms with E-state index in [0.29, 0.717) is 5.92 Å². The van der Waals surface area contributed by atoms with Crippen molar-refractivity contribution < 1.29 is 4.79 Å². The van der Waals surface area contributed by atoms with Crippen molar-refractivity contribution in [3.63, 3.8) is 0 Å². The van der Waals surface area contributed by atoms with Gasteiger partial charge in [-0.3, -0.25) is 4.79 Å². The molecule has 2 unspecified atom stereocenters. The van der Waals surface area contributed by atoms with E-state index in [-0.39, 0.29) is 11.8 Å². The van der Waals surface area contributed by atoms with E-state index < -0.39 is 0 Å². The van der Waals surface area contributed by atoms with Gasteiger partial charge in [0.25, 0.3) is 0 Å². The molecule has 0 bridgehead atoms. The summed E-state index contributed by atoms with van der Waals surface area (Å²) in [4.78, 5) is 14.5. The normalized spacial score (nSPS) is 27.1. The van der Waals surface area contributed by atoms with Crippen LogP contribution in [0, 0.1) is 11.8 Å². The molecule has 0 radical (unpaired) electrons. The van der Waals surface area contributed by atoms with Gasteiger partial charge in [0.15, 0.2) is 0 Å². The Morgan fingerprint density at radius 2 is 2.17 bits per heavy atom. The number of likely N-dealkylation sites (tertiary alicyclic amines) is 1. The van der Waals surface area contributed by atoms with Crippen molar-refractivity contribution in [2.75, 3.05) is 39.3 Å². The number of carbonyl (C=O) groups is 1. The Kier molecular flexibility index (Phi) is 5.45. The Morgan fingerprint density at radius 1 is 1.39 bits per heavy atom. The lowest BCUT2D eigenvalue weighted by molar-refractivity contribution is -0.125. The summed E-state index contributed by atoms with van der Waals surface area (Å²) in [6.45, 7) is 8.59. The third kappa shape index (κ3) is 4.25. The maximum absolute atomic E-state index is 12.0. The van der Waals surface area contributed by atoms with Crippen molar-refractivity contribution in [2.24, 2.45) is 11.8 Å². The van der Waals surface area contributed by atoms with Crippen LogP contribution in [0.3, 0.4) is 0 Å². The Labute approximate surface area is 110 Å². The molecule has 0 aromatic heterocycles. The number of nitrogens with zero attached hydrogens (tertiary/aromatic N) is 1. The lowest BCUT2D eigenvalue weighted by Gasteiger charge is -2.24. The molecule has 4 heteroatoms. The fourth-order valence-corrected chi connectivity index (χ4v) is 2.97. The lowest BCUT2D eigenvalue weighted by Crippen LogP contribution is -2.42. The fourth-order valence-electron chi connectivity index (χ4n) is 2.97. The molecule has 104 valence electrons. The highest BCUT2D eigenvalue weighted by Crippen LogP contribution is 2.11. The number of amides is 1. The van der Waals surface area contributed by atoms with Crippen LogP contribution in [0.2, 0.25) is 0 Å². The highest BCUT2D eigenvalue weighted by molar-refractivity contribution is 5.78. The van der Waals surface area contributed by atoms with Crippen molar-refractivity contribution in [3.05, 3.63) is 0 Å². The quantitative estimate of drug-likeness (QED) is 0.763. The first-order chi connectivity index (χ1) is 8.75. The van der Waals surface area contributed by atoms with Crippen LogP contribution < -0.4 is 10.6 Å². The third-order valence-corrected chi connectivity index (χ3v) is 4.06. The summed E-state index contributed by atoms with van der Waals surface area (Å²) in [7, 11) is 0. The van der Waals surface area contributed by atoms with Crippen LogP contribution in [0.4, 0.5) is 0 Å². The minimum atomic E-state index is 0.192. The summed E-state index contributed by atoms with van der Waals surface area (Å²) in [5.74, 6) is 0.997. The van der Waals surface area contributed by atoms with Crippen LogP contribution in [-0.4, -0.2) is 50.1 Å². The molecule has 2 fully saturated rings. The Bertz CT molecular complexity index is 258. The van der Waals surface area contributed by atoms with Gasteiger partial charge in [-0.2, -0.15) is 0 Å². The SMILES string of the molecule is CC(CNC(=O)C1CCCNC1)CN1CCCC1. The molecular formula is C14H27N3O. The number of hydrogen-bond acceptors (Lipinski definition) is 3. The van der Waals surface area contributed by atoms with Crippen molar-refractivity contribution in [1.29, 1.82) is 0 Å². The third-order valence-electron chi connectivity index (χ3n) is 4.06. The zero-order valence-electron chi connectivity index (χ0n) is 11.6. The van der Waals surface area contributed by atoms with Gasteiger partial charge in [0.1, 0.15) is 0 Å². The molecule has 2 N–H and O–H groups in total. The molecule has 0 aliphatic carbocycles. The van der Waals surface area contributed by atoms with Crippen molar-refractivity contribution in [2.45, 2.75) is 32.6 Å². The zero-order valence-corrected chi connectivity index (χ0v) is 11.6. The molecule has 0 aromatic carbocycles. The molecule has 0 spiro atoms. The second kappa shape index (κ2) is 7.10. The molecule has 2 atom stereocenters. The minimum Gasteiger partial charge on any atom is -0.356 e. The number of piperidine rings is 1. The first-order valence-corrected chi connectivity index (χ1v) is 7.46. The van der Waals surface area contributed by atoms with E-state index in [1.165, 1.54) is 25.9 Å². The van der Waals surface area contributed by atoms with E-state index in [2.05, 4.69) is 22.5 Å². The fraction of sp³-hybridized carbons (Fsp3) is 0.929.